The Morgan fingerprint density at radius 2 is 1.85 bits per heavy atom. The molecule has 0 saturated carbocycles. The Hall–Kier alpha value is -3.29. The zero-order valence-corrected chi connectivity index (χ0v) is 21.4. The van der Waals surface area contributed by atoms with Gasteiger partial charge in [-0.2, -0.15) is 23.4 Å². The van der Waals surface area contributed by atoms with Crippen molar-refractivity contribution in [1.29, 1.82) is 0 Å². The Morgan fingerprint density at radius 3 is 2.45 bits per heavy atom. The van der Waals surface area contributed by atoms with Gasteiger partial charge in [-0.05, 0) is 38.5 Å². The highest BCUT2D eigenvalue weighted by Gasteiger charge is 2.41. The van der Waals surface area contributed by atoms with Crippen LogP contribution in [0.1, 0.15) is 54.0 Å². The van der Waals surface area contributed by atoms with Crippen molar-refractivity contribution in [2.75, 3.05) is 11.9 Å². The van der Waals surface area contributed by atoms with Crippen LogP contribution in [0.15, 0.2) is 36.8 Å². The first kappa shape index (κ1) is 29.7. The average Bonchev–Trinajstić information content (AvgIpc) is 3.40. The van der Waals surface area contributed by atoms with Crippen molar-refractivity contribution in [3.8, 4) is 5.69 Å². The van der Waals surface area contributed by atoms with Crippen LogP contribution in [0.5, 0.6) is 0 Å². The lowest BCUT2D eigenvalue weighted by molar-refractivity contribution is -0.137. The molecule has 204 valence electrons. The average molecular weight is 554 g/mol. The molecule has 1 saturated heterocycles. The van der Waals surface area contributed by atoms with E-state index in [0.717, 1.165) is 0 Å². The number of carbonyl (C=O) groups excluding carboxylic acids is 1. The van der Waals surface area contributed by atoms with E-state index in [4.69, 9.17) is 28.3 Å². The van der Waals surface area contributed by atoms with E-state index >= 15 is 0 Å². The summed E-state index contributed by atoms with van der Waals surface area (Å²) in [6.45, 7) is 3.37. The summed E-state index contributed by atoms with van der Waals surface area (Å²) in [6, 6.07) is 3.28. The first-order valence-electron chi connectivity index (χ1n) is 12.2. The lowest BCUT2D eigenvalue weighted by atomic mass is 9.41. The van der Waals surface area contributed by atoms with Crippen molar-refractivity contribution in [3.05, 3.63) is 59.3 Å². The number of Topliss-reactive ketones (excluding diaryl/α,β-unsaturated/α-hetero) is 1. The second-order valence-electron chi connectivity index (χ2n) is 9.68. The molecular formula is C24H22B3F5N6O2. The third-order valence-corrected chi connectivity index (χ3v) is 6.66. The number of rotatable bonds is 8. The topological polar surface area (TPSA) is 94.8 Å². The van der Waals surface area contributed by atoms with Crippen molar-refractivity contribution in [2.45, 2.75) is 50.2 Å². The molecule has 8 nitrogen and oxygen atoms in total. The number of hydrogen-bond donors (Lipinski definition) is 1. The van der Waals surface area contributed by atoms with E-state index in [2.05, 4.69) is 25.5 Å². The number of carbonyl (C=O) groups is 1. The van der Waals surface area contributed by atoms with E-state index in [1.54, 1.807) is 13.8 Å². The van der Waals surface area contributed by atoms with Crippen molar-refractivity contribution in [2.24, 2.45) is 11.8 Å². The van der Waals surface area contributed by atoms with Crippen LogP contribution in [0.25, 0.3) is 5.69 Å². The maximum Gasteiger partial charge on any atom is 0.417 e. The second kappa shape index (κ2) is 11.3. The van der Waals surface area contributed by atoms with Gasteiger partial charge in [0.15, 0.2) is 5.78 Å². The first-order chi connectivity index (χ1) is 18.7. The fraction of sp³-hybridized carbons (Fsp3) is 0.458. The van der Waals surface area contributed by atoms with E-state index in [1.807, 2.05) is 0 Å². The minimum absolute atomic E-state index is 0.0186. The monoisotopic (exact) mass is 554 g/mol. The van der Waals surface area contributed by atoms with Gasteiger partial charge < -0.3 is 10.1 Å². The molecule has 0 aromatic carbocycles. The van der Waals surface area contributed by atoms with Crippen molar-refractivity contribution < 1.29 is 31.5 Å². The molecule has 4 heterocycles. The molecule has 1 aliphatic heterocycles. The van der Waals surface area contributed by atoms with Gasteiger partial charge in [0.05, 0.1) is 59.3 Å². The minimum atomic E-state index is -4.84. The molecule has 0 aliphatic carbocycles. The number of aromatic nitrogens is 5. The van der Waals surface area contributed by atoms with Crippen molar-refractivity contribution in [3.63, 3.8) is 0 Å². The number of alkyl halides is 5. The number of pyridine rings is 2. The summed E-state index contributed by atoms with van der Waals surface area (Å²) in [4.78, 5) is 23.2. The van der Waals surface area contributed by atoms with E-state index in [9.17, 15) is 26.7 Å². The molecule has 4 unspecified atom stereocenters. The lowest BCUT2D eigenvalue weighted by Gasteiger charge is -2.39. The predicted octanol–water partition coefficient (Wildman–Crippen LogP) is 3.35. The number of hydrogen-bond acceptors (Lipinski definition) is 7. The zero-order chi connectivity index (χ0) is 29.4. The highest BCUT2D eigenvalue weighted by Crippen LogP contribution is 2.37. The highest BCUT2D eigenvalue weighted by atomic mass is 19.4. The standard InChI is InChI=1S/C24H22B3F5N6O2/c1-11-7-14(20(39)19-17(38-35-5-6-36-38)3-4-18(37-19)23(25,26)27)16(12(2)40-11)10-34-22-15(21(28)29)8-13(9-33-22)24(30,31)32/h3-6,8-9,11-12,14,16,21H,7,10H2,1-2H3,(H,33,34). The Balaban J connectivity index is 1.69. The molecule has 1 aliphatic rings. The van der Waals surface area contributed by atoms with Crippen molar-refractivity contribution >= 4 is 35.1 Å². The fourth-order valence-corrected chi connectivity index (χ4v) is 4.71. The van der Waals surface area contributed by atoms with Crippen LogP contribution in [0.4, 0.5) is 27.8 Å². The molecule has 0 amide bonds. The Bertz CT molecular complexity index is 1350. The summed E-state index contributed by atoms with van der Waals surface area (Å²) >= 11 is 0. The normalized spacial score (nSPS) is 21.9. The van der Waals surface area contributed by atoms with Crippen LogP contribution < -0.4 is 5.32 Å². The Kier molecular flexibility index (Phi) is 8.39. The molecule has 4 atom stereocenters. The number of nitrogens with zero attached hydrogens (tertiary/aromatic N) is 5. The smallest absolute Gasteiger partial charge is 0.375 e. The van der Waals surface area contributed by atoms with Crippen molar-refractivity contribution in [1.82, 2.24) is 25.0 Å². The molecule has 16 heteroatoms. The molecule has 1 N–H and O–H groups in total. The van der Waals surface area contributed by atoms with Gasteiger partial charge in [0, 0.05) is 30.3 Å². The van der Waals surface area contributed by atoms with Gasteiger partial charge >= 0.3 is 6.18 Å². The molecule has 1 fully saturated rings. The number of anilines is 1. The van der Waals surface area contributed by atoms with Gasteiger partial charge in [0.25, 0.3) is 6.43 Å². The van der Waals surface area contributed by atoms with Gasteiger partial charge in [-0.3, -0.25) is 4.79 Å². The Morgan fingerprint density at radius 1 is 1.18 bits per heavy atom. The number of halogens is 5. The first-order valence-corrected chi connectivity index (χ1v) is 12.2. The van der Waals surface area contributed by atoms with Crippen LogP contribution in [0.3, 0.4) is 0 Å². The quantitative estimate of drug-likeness (QED) is 0.260. The Labute approximate surface area is 230 Å². The van der Waals surface area contributed by atoms with Gasteiger partial charge in [-0.25, -0.2) is 18.7 Å². The largest absolute Gasteiger partial charge is 0.417 e. The summed E-state index contributed by atoms with van der Waals surface area (Å²) in [5, 5.41) is 8.97. The van der Waals surface area contributed by atoms with E-state index in [1.165, 1.54) is 29.3 Å². The molecule has 0 bridgehead atoms. The maximum absolute atomic E-state index is 14.0. The summed E-state index contributed by atoms with van der Waals surface area (Å²) in [5.41, 5.74) is -2.04. The predicted molar refractivity (Wildman–Crippen MR) is 137 cm³/mol. The molecule has 3 aromatic rings. The van der Waals surface area contributed by atoms with Crippen LogP contribution in [-0.4, -0.2) is 73.0 Å². The summed E-state index contributed by atoms with van der Waals surface area (Å²) in [5.74, 6) is -2.28. The third-order valence-electron chi connectivity index (χ3n) is 6.66. The maximum atomic E-state index is 14.0. The van der Waals surface area contributed by atoms with Gasteiger partial charge in [0.1, 0.15) is 17.2 Å². The van der Waals surface area contributed by atoms with E-state index in [-0.39, 0.29) is 36.1 Å². The molecule has 6 radical (unpaired) electrons. The summed E-state index contributed by atoms with van der Waals surface area (Å²) in [6.07, 6.45) is -5.46. The van der Waals surface area contributed by atoms with Crippen LogP contribution in [0.2, 0.25) is 0 Å². The number of nitrogens with one attached hydrogen (secondary N) is 1. The highest BCUT2D eigenvalue weighted by molar-refractivity contribution is 6.58. The van der Waals surface area contributed by atoms with Gasteiger partial charge in [-0.15, -0.1) is 4.80 Å². The molecule has 3 aromatic heterocycles. The number of ether oxygens (including phenoxy) is 1. The third kappa shape index (κ3) is 6.37. The number of ketones is 1. The lowest BCUT2D eigenvalue weighted by Crippen LogP contribution is -2.45. The van der Waals surface area contributed by atoms with Crippen LogP contribution in [0, 0.1) is 11.8 Å². The minimum Gasteiger partial charge on any atom is -0.375 e. The second-order valence-corrected chi connectivity index (χ2v) is 9.68. The van der Waals surface area contributed by atoms with Gasteiger partial charge in [-0.1, -0.05) is 5.11 Å². The van der Waals surface area contributed by atoms with E-state index in [0.29, 0.717) is 12.3 Å². The van der Waals surface area contributed by atoms with E-state index < -0.39 is 58.4 Å². The molecular weight excluding hydrogens is 532 g/mol. The molecule has 0 spiro atoms. The van der Waals surface area contributed by atoms with Gasteiger partial charge in [0.2, 0.25) is 0 Å². The van der Waals surface area contributed by atoms with Crippen LogP contribution in [-0.2, 0) is 16.0 Å². The fourth-order valence-electron chi connectivity index (χ4n) is 4.71. The SMILES string of the molecule is [B]C([B])([B])c1ccc(-n2nccn2)c(C(=O)C2CC(C)OC(C)C2CNc2ncc(C(F)(F)F)cc2C(F)F)n1. The van der Waals surface area contributed by atoms with Crippen LogP contribution >= 0.6 is 0 Å². The molecule has 4 rings (SSSR count). The zero-order valence-electron chi connectivity index (χ0n) is 21.4. The summed E-state index contributed by atoms with van der Waals surface area (Å²) < 4.78 is 72.4. The summed E-state index contributed by atoms with van der Waals surface area (Å²) in [7, 11) is 17.4. The molecule has 40 heavy (non-hydrogen) atoms.